The van der Waals surface area contributed by atoms with Gasteiger partial charge in [0.1, 0.15) is 10.7 Å². The van der Waals surface area contributed by atoms with E-state index in [0.29, 0.717) is 30.2 Å². The molecular weight excluding hydrogens is 356 g/mol. The van der Waals surface area contributed by atoms with E-state index in [1.54, 1.807) is 5.38 Å². The first-order chi connectivity index (χ1) is 12.6. The van der Waals surface area contributed by atoms with Crippen molar-refractivity contribution < 1.29 is 24.2 Å². The predicted octanol–water partition coefficient (Wildman–Crippen LogP) is 3.30. The third kappa shape index (κ3) is 4.72. The molecule has 138 valence electrons. The number of hydrogen-bond acceptors (Lipinski definition) is 6. The van der Waals surface area contributed by atoms with Crippen LogP contribution in [0.25, 0.3) is 10.6 Å². The number of unbranched alkanes of at least 4 members (excludes halogenated alkanes) is 3. The number of ether oxygens (including phenoxy) is 2. The van der Waals surface area contributed by atoms with Crippen LogP contribution in [0.3, 0.4) is 0 Å². The molecule has 0 saturated heterocycles. The molecule has 7 nitrogen and oxygen atoms in total. The van der Waals surface area contributed by atoms with E-state index in [4.69, 9.17) is 14.6 Å². The van der Waals surface area contributed by atoms with E-state index in [2.05, 4.69) is 10.3 Å². The molecule has 8 heteroatoms. The van der Waals surface area contributed by atoms with E-state index in [0.717, 1.165) is 29.8 Å². The Morgan fingerprint density at radius 3 is 2.81 bits per heavy atom. The Kier molecular flexibility index (Phi) is 6.06. The average molecular weight is 376 g/mol. The fourth-order valence-electron chi connectivity index (χ4n) is 2.59. The van der Waals surface area contributed by atoms with Gasteiger partial charge in [0, 0.05) is 23.9 Å². The first-order valence-corrected chi connectivity index (χ1v) is 9.37. The second-order valence-corrected chi connectivity index (χ2v) is 6.78. The van der Waals surface area contributed by atoms with Crippen molar-refractivity contribution in [2.75, 3.05) is 13.3 Å². The summed E-state index contributed by atoms with van der Waals surface area (Å²) >= 11 is 1.41. The van der Waals surface area contributed by atoms with E-state index < -0.39 is 5.97 Å². The molecule has 0 saturated carbocycles. The number of nitrogens with zero attached hydrogens (tertiary/aromatic N) is 1. The molecule has 1 aromatic heterocycles. The van der Waals surface area contributed by atoms with Gasteiger partial charge in [0.2, 0.25) is 6.79 Å². The van der Waals surface area contributed by atoms with E-state index in [1.807, 2.05) is 18.2 Å². The van der Waals surface area contributed by atoms with Gasteiger partial charge in [-0.2, -0.15) is 0 Å². The first-order valence-electron chi connectivity index (χ1n) is 8.49. The Morgan fingerprint density at radius 2 is 1.96 bits per heavy atom. The number of rotatable bonds is 9. The highest BCUT2D eigenvalue weighted by molar-refractivity contribution is 7.13. The fourth-order valence-corrected chi connectivity index (χ4v) is 3.38. The summed E-state index contributed by atoms with van der Waals surface area (Å²) in [6, 6.07) is 5.59. The molecule has 1 aromatic carbocycles. The molecule has 0 bridgehead atoms. The number of aliphatic carboxylic acids is 1. The molecule has 1 aliphatic rings. The molecule has 0 spiro atoms. The Balaban J connectivity index is 1.45. The molecule has 2 heterocycles. The van der Waals surface area contributed by atoms with Gasteiger partial charge in [0.05, 0.1) is 0 Å². The lowest BCUT2D eigenvalue weighted by Crippen LogP contribution is -2.24. The van der Waals surface area contributed by atoms with Crippen LogP contribution in [0.2, 0.25) is 0 Å². The van der Waals surface area contributed by atoms with Crippen LogP contribution in [-0.2, 0) is 4.79 Å². The SMILES string of the molecule is O=C(O)CCCCCCNC(=O)c1csc(-c2ccc3c(c2)OCO3)n1. The van der Waals surface area contributed by atoms with Crippen LogP contribution in [0.15, 0.2) is 23.6 Å². The summed E-state index contributed by atoms with van der Waals surface area (Å²) in [4.78, 5) is 27.0. The largest absolute Gasteiger partial charge is 0.481 e. The van der Waals surface area contributed by atoms with Crippen molar-refractivity contribution in [2.45, 2.75) is 32.1 Å². The predicted molar refractivity (Wildman–Crippen MR) is 96.7 cm³/mol. The van der Waals surface area contributed by atoms with Crippen molar-refractivity contribution in [3.05, 3.63) is 29.3 Å². The third-order valence-corrected chi connectivity index (χ3v) is 4.85. The lowest BCUT2D eigenvalue weighted by atomic mass is 10.1. The highest BCUT2D eigenvalue weighted by Crippen LogP contribution is 2.36. The van der Waals surface area contributed by atoms with Crippen molar-refractivity contribution >= 4 is 23.2 Å². The number of aromatic nitrogens is 1. The zero-order valence-corrected chi connectivity index (χ0v) is 15.0. The van der Waals surface area contributed by atoms with E-state index >= 15 is 0 Å². The molecule has 1 aliphatic heterocycles. The van der Waals surface area contributed by atoms with Crippen LogP contribution >= 0.6 is 11.3 Å². The summed E-state index contributed by atoms with van der Waals surface area (Å²) in [5.41, 5.74) is 1.28. The molecule has 1 amide bonds. The maximum atomic E-state index is 12.2. The molecule has 0 unspecified atom stereocenters. The van der Waals surface area contributed by atoms with Crippen molar-refractivity contribution in [2.24, 2.45) is 0 Å². The van der Waals surface area contributed by atoms with Gasteiger partial charge in [0.25, 0.3) is 5.91 Å². The minimum Gasteiger partial charge on any atom is -0.481 e. The van der Waals surface area contributed by atoms with Gasteiger partial charge in [-0.05, 0) is 31.0 Å². The van der Waals surface area contributed by atoms with E-state index in [-0.39, 0.29) is 19.1 Å². The van der Waals surface area contributed by atoms with Crippen LogP contribution in [-0.4, -0.2) is 35.3 Å². The quantitative estimate of drug-likeness (QED) is 0.652. The Morgan fingerprint density at radius 1 is 1.15 bits per heavy atom. The van der Waals surface area contributed by atoms with Crippen molar-refractivity contribution in [3.63, 3.8) is 0 Å². The molecule has 26 heavy (non-hydrogen) atoms. The van der Waals surface area contributed by atoms with Gasteiger partial charge >= 0.3 is 5.97 Å². The fraction of sp³-hybridized carbons (Fsp3) is 0.389. The molecule has 2 aromatic rings. The summed E-state index contributed by atoms with van der Waals surface area (Å²) in [6.45, 7) is 0.781. The molecule has 3 rings (SSSR count). The molecule has 2 N–H and O–H groups in total. The number of nitrogens with one attached hydrogen (secondary N) is 1. The minimum atomic E-state index is -0.764. The summed E-state index contributed by atoms with van der Waals surface area (Å²) in [7, 11) is 0. The molecule has 0 radical (unpaired) electrons. The van der Waals surface area contributed by atoms with Crippen molar-refractivity contribution in [1.29, 1.82) is 0 Å². The lowest BCUT2D eigenvalue weighted by molar-refractivity contribution is -0.137. The minimum absolute atomic E-state index is 0.196. The normalized spacial score (nSPS) is 12.2. The summed E-state index contributed by atoms with van der Waals surface area (Å²) < 4.78 is 10.7. The number of hydrogen-bond donors (Lipinski definition) is 2. The maximum absolute atomic E-state index is 12.2. The van der Waals surface area contributed by atoms with Gasteiger partial charge in [-0.15, -0.1) is 11.3 Å². The topological polar surface area (TPSA) is 97.8 Å². The highest BCUT2D eigenvalue weighted by Gasteiger charge is 2.16. The van der Waals surface area contributed by atoms with Gasteiger partial charge in [0.15, 0.2) is 11.5 Å². The number of carboxylic acids is 1. The van der Waals surface area contributed by atoms with Gasteiger partial charge in [-0.25, -0.2) is 4.98 Å². The number of fused-ring (bicyclic) bond motifs is 1. The van der Waals surface area contributed by atoms with Gasteiger partial charge < -0.3 is 19.9 Å². The summed E-state index contributed by atoms with van der Waals surface area (Å²) in [6.07, 6.45) is 3.45. The Hall–Kier alpha value is -2.61. The summed E-state index contributed by atoms with van der Waals surface area (Å²) in [5, 5.41) is 13.9. The number of amides is 1. The summed E-state index contributed by atoms with van der Waals surface area (Å²) in [5.74, 6) is 0.442. The molecular formula is C18H20N2O5S. The molecule has 0 aliphatic carbocycles. The standard InChI is InChI=1S/C18H20N2O5S/c21-16(22)5-3-1-2-4-8-19-17(23)13-10-26-18(20-13)12-6-7-14-15(9-12)25-11-24-14/h6-7,9-10H,1-5,8,11H2,(H,19,23)(H,21,22). The molecule has 0 atom stereocenters. The monoisotopic (exact) mass is 376 g/mol. The molecule has 0 fully saturated rings. The second-order valence-electron chi connectivity index (χ2n) is 5.92. The number of carbonyl (C=O) groups is 2. The van der Waals surface area contributed by atoms with Crippen LogP contribution in [0.5, 0.6) is 11.5 Å². The highest BCUT2D eigenvalue weighted by atomic mass is 32.1. The van der Waals surface area contributed by atoms with Crippen LogP contribution < -0.4 is 14.8 Å². The maximum Gasteiger partial charge on any atom is 0.303 e. The van der Waals surface area contributed by atoms with Crippen LogP contribution in [0, 0.1) is 0 Å². The number of thiazole rings is 1. The van der Waals surface area contributed by atoms with Crippen molar-refractivity contribution in [1.82, 2.24) is 10.3 Å². The van der Waals surface area contributed by atoms with Crippen LogP contribution in [0.4, 0.5) is 0 Å². The number of carboxylic acid groups (broad SMARTS) is 1. The first kappa shape index (κ1) is 18.2. The van der Waals surface area contributed by atoms with Crippen molar-refractivity contribution in [3.8, 4) is 22.1 Å². The number of carbonyl (C=O) groups excluding carboxylic acids is 1. The van der Waals surface area contributed by atoms with E-state index in [9.17, 15) is 9.59 Å². The second kappa shape index (κ2) is 8.66. The smallest absolute Gasteiger partial charge is 0.303 e. The van der Waals surface area contributed by atoms with Gasteiger partial charge in [-0.3, -0.25) is 9.59 Å². The zero-order valence-electron chi connectivity index (χ0n) is 14.2. The van der Waals surface area contributed by atoms with Gasteiger partial charge in [-0.1, -0.05) is 12.8 Å². The van der Waals surface area contributed by atoms with Crippen LogP contribution in [0.1, 0.15) is 42.6 Å². The Labute approximate surface area is 155 Å². The lowest BCUT2D eigenvalue weighted by Gasteiger charge is -2.03. The number of benzene rings is 1. The average Bonchev–Trinajstić information content (AvgIpc) is 3.29. The Bertz CT molecular complexity index is 790. The third-order valence-electron chi connectivity index (χ3n) is 3.96. The zero-order chi connectivity index (χ0) is 18.4. The van der Waals surface area contributed by atoms with E-state index in [1.165, 1.54) is 11.3 Å².